The smallest absolute Gasteiger partial charge is 0.231 e. The van der Waals surface area contributed by atoms with E-state index in [1.54, 1.807) is 0 Å². The van der Waals surface area contributed by atoms with Crippen LogP contribution in [0.2, 0.25) is 0 Å². The average molecular weight is 433 g/mol. The average Bonchev–Trinajstić information content (AvgIpc) is 2.79. The van der Waals surface area contributed by atoms with Crippen LogP contribution in [0, 0.1) is 13.8 Å². The third kappa shape index (κ3) is 5.70. The topological polar surface area (TPSA) is 56.3 Å². The summed E-state index contributed by atoms with van der Waals surface area (Å²) in [5.74, 6) is 1.46. The van der Waals surface area contributed by atoms with Crippen molar-refractivity contribution in [3.63, 3.8) is 0 Å². The standard InChI is InChI=1S/C24H28N6S/c1-18-8-10-20(11-9-18)17-25-24(31)28-23-26-19(2)16-22(27-23)30-14-12-29(13-15-30)21-6-4-3-5-7-21/h3-11,16H,12-15,17H2,1-2H3,(H2,25,26,27,28,31). The summed E-state index contributed by atoms with van der Waals surface area (Å²) in [5, 5.41) is 6.89. The molecule has 6 nitrogen and oxygen atoms in total. The van der Waals surface area contributed by atoms with Crippen molar-refractivity contribution < 1.29 is 0 Å². The first kappa shape index (κ1) is 21.1. The van der Waals surface area contributed by atoms with Gasteiger partial charge >= 0.3 is 0 Å². The van der Waals surface area contributed by atoms with Gasteiger partial charge in [0.15, 0.2) is 5.11 Å². The molecule has 0 unspecified atom stereocenters. The number of piperazine rings is 1. The Balaban J connectivity index is 1.35. The minimum Gasteiger partial charge on any atom is -0.368 e. The molecular formula is C24H28N6S. The molecule has 2 aromatic carbocycles. The Labute approximate surface area is 189 Å². The van der Waals surface area contributed by atoms with E-state index in [2.05, 4.69) is 86.9 Å². The molecule has 0 aliphatic carbocycles. The second kappa shape index (κ2) is 9.75. The molecule has 0 spiro atoms. The molecule has 31 heavy (non-hydrogen) atoms. The second-order valence-electron chi connectivity index (χ2n) is 7.79. The van der Waals surface area contributed by atoms with E-state index < -0.39 is 0 Å². The zero-order chi connectivity index (χ0) is 21.6. The Hall–Kier alpha value is -3.19. The van der Waals surface area contributed by atoms with E-state index in [-0.39, 0.29) is 0 Å². The molecule has 3 aromatic rings. The number of anilines is 3. The number of thiocarbonyl (C=S) groups is 1. The van der Waals surface area contributed by atoms with Gasteiger partial charge in [0.25, 0.3) is 0 Å². The molecule has 1 fully saturated rings. The number of rotatable bonds is 5. The number of benzene rings is 2. The molecule has 1 aliphatic heterocycles. The highest BCUT2D eigenvalue weighted by atomic mass is 32.1. The second-order valence-corrected chi connectivity index (χ2v) is 8.20. The maximum Gasteiger partial charge on any atom is 0.231 e. The van der Waals surface area contributed by atoms with Gasteiger partial charge in [0.2, 0.25) is 5.95 Å². The molecule has 0 atom stereocenters. The van der Waals surface area contributed by atoms with E-state index in [4.69, 9.17) is 17.2 Å². The number of hydrogen-bond donors (Lipinski definition) is 2. The lowest BCUT2D eigenvalue weighted by Crippen LogP contribution is -2.47. The van der Waals surface area contributed by atoms with E-state index in [1.165, 1.54) is 16.8 Å². The van der Waals surface area contributed by atoms with Gasteiger partial charge in [-0.2, -0.15) is 4.98 Å². The Kier molecular flexibility index (Phi) is 6.62. The van der Waals surface area contributed by atoms with Gasteiger partial charge in [0, 0.05) is 50.2 Å². The highest BCUT2D eigenvalue weighted by Gasteiger charge is 2.19. The highest BCUT2D eigenvalue weighted by Crippen LogP contribution is 2.20. The zero-order valence-electron chi connectivity index (χ0n) is 18.0. The Morgan fingerprint density at radius 3 is 2.29 bits per heavy atom. The zero-order valence-corrected chi connectivity index (χ0v) is 18.8. The van der Waals surface area contributed by atoms with Crippen LogP contribution in [0.4, 0.5) is 17.5 Å². The van der Waals surface area contributed by atoms with Crippen LogP contribution in [0.5, 0.6) is 0 Å². The summed E-state index contributed by atoms with van der Waals surface area (Å²) >= 11 is 5.45. The van der Waals surface area contributed by atoms with Gasteiger partial charge < -0.3 is 20.4 Å². The summed E-state index contributed by atoms with van der Waals surface area (Å²) in [4.78, 5) is 13.9. The van der Waals surface area contributed by atoms with Crippen LogP contribution in [0.1, 0.15) is 16.8 Å². The predicted octanol–water partition coefficient (Wildman–Crippen LogP) is 3.91. The first-order valence-electron chi connectivity index (χ1n) is 10.6. The van der Waals surface area contributed by atoms with Crippen LogP contribution in [0.3, 0.4) is 0 Å². The Morgan fingerprint density at radius 1 is 0.903 bits per heavy atom. The van der Waals surface area contributed by atoms with Crippen molar-refractivity contribution in [1.82, 2.24) is 15.3 Å². The highest BCUT2D eigenvalue weighted by molar-refractivity contribution is 7.80. The largest absolute Gasteiger partial charge is 0.368 e. The first-order chi connectivity index (χ1) is 15.1. The molecule has 2 N–H and O–H groups in total. The van der Waals surface area contributed by atoms with E-state index >= 15 is 0 Å². The summed E-state index contributed by atoms with van der Waals surface area (Å²) < 4.78 is 0. The molecule has 1 aliphatic rings. The monoisotopic (exact) mass is 432 g/mol. The Morgan fingerprint density at radius 2 is 1.58 bits per heavy atom. The number of nitrogens with one attached hydrogen (secondary N) is 2. The number of hydrogen-bond acceptors (Lipinski definition) is 5. The summed E-state index contributed by atoms with van der Waals surface area (Å²) in [6.07, 6.45) is 0. The number of aryl methyl sites for hydroxylation is 2. The SMILES string of the molecule is Cc1ccc(CNC(=S)Nc2nc(C)cc(N3CCN(c4ccccc4)CC3)n2)cc1. The Bertz CT molecular complexity index is 1010. The molecule has 4 rings (SSSR count). The predicted molar refractivity (Wildman–Crippen MR) is 132 cm³/mol. The third-order valence-electron chi connectivity index (χ3n) is 5.36. The summed E-state index contributed by atoms with van der Waals surface area (Å²) in [7, 11) is 0. The van der Waals surface area contributed by atoms with E-state index in [0.717, 1.165) is 37.7 Å². The van der Waals surface area contributed by atoms with Crippen molar-refractivity contribution in [2.45, 2.75) is 20.4 Å². The van der Waals surface area contributed by atoms with E-state index in [0.29, 0.717) is 17.6 Å². The first-order valence-corrected chi connectivity index (χ1v) is 11.0. The molecular weight excluding hydrogens is 404 g/mol. The van der Waals surface area contributed by atoms with Crippen molar-refractivity contribution in [2.24, 2.45) is 0 Å². The number of para-hydroxylation sites is 1. The van der Waals surface area contributed by atoms with Crippen LogP contribution in [-0.2, 0) is 6.54 Å². The van der Waals surface area contributed by atoms with Crippen molar-refractivity contribution in [3.8, 4) is 0 Å². The summed E-state index contributed by atoms with van der Waals surface area (Å²) in [6, 6.07) is 21.0. The van der Waals surface area contributed by atoms with Crippen LogP contribution in [0.25, 0.3) is 0 Å². The lowest BCUT2D eigenvalue weighted by molar-refractivity contribution is 0.647. The van der Waals surface area contributed by atoms with E-state index in [1.807, 2.05) is 13.0 Å². The molecule has 1 saturated heterocycles. The van der Waals surface area contributed by atoms with Gasteiger partial charge in [-0.05, 0) is 43.8 Å². The molecule has 0 saturated carbocycles. The van der Waals surface area contributed by atoms with Crippen LogP contribution < -0.4 is 20.4 Å². The molecule has 2 heterocycles. The summed E-state index contributed by atoms with van der Waals surface area (Å²) in [6.45, 7) is 8.49. The van der Waals surface area contributed by atoms with Crippen LogP contribution in [0.15, 0.2) is 60.7 Å². The fourth-order valence-electron chi connectivity index (χ4n) is 3.64. The van der Waals surface area contributed by atoms with Crippen LogP contribution in [-0.4, -0.2) is 41.3 Å². The quantitative estimate of drug-likeness (QED) is 0.593. The maximum atomic E-state index is 5.45. The lowest BCUT2D eigenvalue weighted by atomic mass is 10.1. The molecule has 7 heteroatoms. The fraction of sp³-hybridized carbons (Fsp3) is 0.292. The molecule has 0 amide bonds. The molecule has 1 aromatic heterocycles. The van der Waals surface area contributed by atoms with Crippen molar-refractivity contribution in [3.05, 3.63) is 77.5 Å². The molecule has 160 valence electrons. The van der Waals surface area contributed by atoms with Gasteiger partial charge in [0.05, 0.1) is 0 Å². The minimum atomic E-state index is 0.519. The van der Waals surface area contributed by atoms with E-state index in [9.17, 15) is 0 Å². The minimum absolute atomic E-state index is 0.519. The van der Waals surface area contributed by atoms with Crippen molar-refractivity contribution in [1.29, 1.82) is 0 Å². The molecule has 0 bridgehead atoms. The normalized spacial score (nSPS) is 13.7. The van der Waals surface area contributed by atoms with Crippen molar-refractivity contribution in [2.75, 3.05) is 41.3 Å². The third-order valence-corrected chi connectivity index (χ3v) is 5.61. The fourth-order valence-corrected chi connectivity index (χ4v) is 3.80. The van der Waals surface area contributed by atoms with Gasteiger partial charge in [-0.3, -0.25) is 0 Å². The van der Waals surface area contributed by atoms with Gasteiger partial charge in [-0.15, -0.1) is 0 Å². The summed E-state index contributed by atoms with van der Waals surface area (Å²) in [5.41, 5.74) is 4.61. The number of aromatic nitrogens is 2. The number of nitrogens with zero attached hydrogens (tertiary/aromatic N) is 4. The van der Waals surface area contributed by atoms with Crippen molar-refractivity contribution >= 4 is 34.8 Å². The molecule has 0 radical (unpaired) electrons. The van der Waals surface area contributed by atoms with Gasteiger partial charge in [0.1, 0.15) is 5.82 Å². The van der Waals surface area contributed by atoms with Gasteiger partial charge in [-0.25, -0.2) is 4.98 Å². The van der Waals surface area contributed by atoms with Crippen LogP contribution >= 0.6 is 12.2 Å². The maximum absolute atomic E-state index is 5.45. The van der Waals surface area contributed by atoms with Gasteiger partial charge in [-0.1, -0.05) is 48.0 Å². The lowest BCUT2D eigenvalue weighted by Gasteiger charge is -2.36.